The Labute approximate surface area is 131 Å². The van der Waals surface area contributed by atoms with Gasteiger partial charge in [-0.1, -0.05) is 0 Å². The van der Waals surface area contributed by atoms with Crippen molar-refractivity contribution in [1.82, 2.24) is 10.2 Å². The zero-order valence-electron chi connectivity index (χ0n) is 13.4. The van der Waals surface area contributed by atoms with E-state index in [2.05, 4.69) is 5.32 Å². The minimum atomic E-state index is -0.330. The van der Waals surface area contributed by atoms with Crippen LogP contribution in [0.15, 0.2) is 24.3 Å². The highest BCUT2D eigenvalue weighted by Gasteiger charge is 2.35. The van der Waals surface area contributed by atoms with Gasteiger partial charge < -0.3 is 10.1 Å². The molecule has 0 aliphatic carbocycles. The van der Waals surface area contributed by atoms with Crippen molar-refractivity contribution in [3.05, 3.63) is 29.8 Å². The van der Waals surface area contributed by atoms with Crippen molar-refractivity contribution in [2.75, 3.05) is 13.1 Å². The van der Waals surface area contributed by atoms with Gasteiger partial charge in [-0.2, -0.15) is 5.26 Å². The van der Waals surface area contributed by atoms with Crippen LogP contribution in [0.25, 0.3) is 0 Å². The molecule has 0 atom stereocenters. The number of hydrogen-bond acceptors (Lipinski definition) is 4. The first-order valence-electron chi connectivity index (χ1n) is 7.64. The molecule has 0 aromatic heterocycles. The fraction of sp³-hybridized carbons (Fsp3) is 0.529. The van der Waals surface area contributed by atoms with Crippen LogP contribution in [0.2, 0.25) is 0 Å². The lowest BCUT2D eigenvalue weighted by Gasteiger charge is -2.42. The molecule has 1 aromatic rings. The van der Waals surface area contributed by atoms with Crippen LogP contribution in [0.4, 0.5) is 4.79 Å². The molecule has 1 fully saturated rings. The van der Waals surface area contributed by atoms with Crippen molar-refractivity contribution in [2.45, 2.75) is 45.2 Å². The topological polar surface area (TPSA) is 65.4 Å². The molecule has 1 saturated heterocycles. The zero-order valence-corrected chi connectivity index (χ0v) is 13.4. The molecule has 1 amide bonds. The second kappa shape index (κ2) is 6.80. The average molecular weight is 301 g/mol. The predicted molar refractivity (Wildman–Crippen MR) is 84.7 cm³/mol. The number of hydrogen-bond donors (Lipinski definition) is 1. The number of carbonyl (C=O) groups excluding carboxylic acids is 1. The Bertz CT molecular complexity index is 549. The fourth-order valence-corrected chi connectivity index (χ4v) is 2.78. The van der Waals surface area contributed by atoms with E-state index in [1.54, 1.807) is 24.3 Å². The molecule has 1 aromatic carbocycles. The highest BCUT2D eigenvalue weighted by atomic mass is 16.6. The number of rotatable bonds is 2. The number of nitrogens with one attached hydrogen (secondary N) is 1. The number of piperidine rings is 1. The molecule has 0 spiro atoms. The lowest BCUT2D eigenvalue weighted by molar-refractivity contribution is 0.0644. The molecule has 5 nitrogen and oxygen atoms in total. The summed E-state index contributed by atoms with van der Waals surface area (Å²) in [5, 5.41) is 12.1. The summed E-state index contributed by atoms with van der Waals surface area (Å²) in [6, 6.07) is 8.84. The Hall–Kier alpha value is -2.06. The third-order valence-electron chi connectivity index (χ3n) is 3.78. The van der Waals surface area contributed by atoms with Crippen LogP contribution >= 0.6 is 0 Å². The summed E-state index contributed by atoms with van der Waals surface area (Å²) >= 11 is 0. The molecule has 2 rings (SSSR count). The van der Waals surface area contributed by atoms with E-state index in [1.807, 2.05) is 31.7 Å². The second-order valence-corrected chi connectivity index (χ2v) is 6.53. The zero-order chi connectivity index (χ0) is 16.2. The monoisotopic (exact) mass is 301 g/mol. The van der Waals surface area contributed by atoms with Gasteiger partial charge in [0, 0.05) is 11.6 Å². The molecule has 0 unspecified atom stereocenters. The van der Waals surface area contributed by atoms with Crippen LogP contribution in [-0.2, 0) is 0 Å². The number of carbonyl (C=O) groups is 1. The van der Waals surface area contributed by atoms with Crippen molar-refractivity contribution < 1.29 is 9.53 Å². The maximum absolute atomic E-state index is 12.6. The number of nitriles is 1. The predicted octanol–water partition coefficient (Wildman–Crippen LogP) is 2.91. The van der Waals surface area contributed by atoms with Crippen molar-refractivity contribution >= 4 is 6.09 Å². The maximum Gasteiger partial charge on any atom is 0.415 e. The average Bonchev–Trinajstić information content (AvgIpc) is 2.48. The van der Waals surface area contributed by atoms with Crippen LogP contribution in [0.1, 0.15) is 39.2 Å². The van der Waals surface area contributed by atoms with Gasteiger partial charge in [-0.3, -0.25) is 4.90 Å². The molecule has 22 heavy (non-hydrogen) atoms. The molecule has 0 saturated carbocycles. The van der Waals surface area contributed by atoms with Crippen molar-refractivity contribution in [1.29, 1.82) is 5.26 Å². The minimum absolute atomic E-state index is 0.187. The van der Waals surface area contributed by atoms with Gasteiger partial charge in [0.05, 0.1) is 11.6 Å². The van der Waals surface area contributed by atoms with Gasteiger partial charge in [0.1, 0.15) is 5.75 Å². The lowest BCUT2D eigenvalue weighted by Crippen LogP contribution is -2.55. The van der Waals surface area contributed by atoms with Gasteiger partial charge in [-0.25, -0.2) is 4.79 Å². The van der Waals surface area contributed by atoms with Crippen LogP contribution < -0.4 is 10.1 Å². The van der Waals surface area contributed by atoms with E-state index in [0.717, 1.165) is 25.9 Å². The molecule has 1 N–H and O–H groups in total. The van der Waals surface area contributed by atoms with Gasteiger partial charge in [0.25, 0.3) is 0 Å². The highest BCUT2D eigenvalue weighted by Crippen LogP contribution is 2.24. The van der Waals surface area contributed by atoms with E-state index >= 15 is 0 Å². The number of amides is 1. The van der Waals surface area contributed by atoms with E-state index in [-0.39, 0.29) is 17.7 Å². The summed E-state index contributed by atoms with van der Waals surface area (Å²) in [5.74, 6) is 0.465. The summed E-state index contributed by atoms with van der Waals surface area (Å²) in [6.07, 6.45) is 1.53. The van der Waals surface area contributed by atoms with Gasteiger partial charge >= 0.3 is 6.09 Å². The fourth-order valence-electron chi connectivity index (χ4n) is 2.78. The summed E-state index contributed by atoms with van der Waals surface area (Å²) in [6.45, 7) is 7.90. The van der Waals surface area contributed by atoms with Gasteiger partial charge in [0.2, 0.25) is 0 Å². The third kappa shape index (κ3) is 3.99. The van der Waals surface area contributed by atoms with Crippen LogP contribution in [0, 0.1) is 11.3 Å². The Morgan fingerprint density at radius 3 is 2.36 bits per heavy atom. The molecule has 1 heterocycles. The molecule has 5 heteroatoms. The minimum Gasteiger partial charge on any atom is -0.410 e. The third-order valence-corrected chi connectivity index (χ3v) is 3.78. The molecule has 0 bridgehead atoms. The largest absolute Gasteiger partial charge is 0.415 e. The normalized spacial score (nSPS) is 15.9. The van der Waals surface area contributed by atoms with Crippen LogP contribution in [0.3, 0.4) is 0 Å². The Morgan fingerprint density at radius 2 is 1.86 bits per heavy atom. The van der Waals surface area contributed by atoms with Crippen LogP contribution in [0.5, 0.6) is 5.75 Å². The Morgan fingerprint density at radius 1 is 1.27 bits per heavy atom. The van der Waals surface area contributed by atoms with Gasteiger partial charge in [-0.05, 0) is 71.0 Å². The molecule has 1 aliphatic rings. The van der Waals surface area contributed by atoms with Crippen molar-refractivity contribution in [3.63, 3.8) is 0 Å². The molecular weight excluding hydrogens is 278 g/mol. The number of ether oxygens (including phenoxy) is 1. The van der Waals surface area contributed by atoms with E-state index in [1.165, 1.54) is 0 Å². The smallest absolute Gasteiger partial charge is 0.410 e. The van der Waals surface area contributed by atoms with Gasteiger partial charge in [-0.15, -0.1) is 0 Å². The van der Waals surface area contributed by atoms with Crippen LogP contribution in [-0.4, -0.2) is 35.7 Å². The molecule has 1 aliphatic heterocycles. The quantitative estimate of drug-likeness (QED) is 0.912. The highest BCUT2D eigenvalue weighted by molar-refractivity contribution is 5.72. The first kappa shape index (κ1) is 16.3. The summed E-state index contributed by atoms with van der Waals surface area (Å²) in [5.41, 5.74) is 0.247. The van der Waals surface area contributed by atoms with E-state index < -0.39 is 0 Å². The second-order valence-electron chi connectivity index (χ2n) is 6.53. The Balaban J connectivity index is 2.12. The summed E-state index contributed by atoms with van der Waals surface area (Å²) in [7, 11) is 0. The van der Waals surface area contributed by atoms with E-state index in [0.29, 0.717) is 11.3 Å². The number of nitrogens with zero attached hydrogens (tertiary/aromatic N) is 2. The summed E-state index contributed by atoms with van der Waals surface area (Å²) in [4.78, 5) is 14.5. The Kier molecular flexibility index (Phi) is 5.04. The van der Waals surface area contributed by atoms with Crippen molar-refractivity contribution in [3.8, 4) is 11.8 Å². The molecular formula is C17H23N3O2. The summed E-state index contributed by atoms with van der Waals surface area (Å²) < 4.78 is 5.51. The van der Waals surface area contributed by atoms with E-state index in [4.69, 9.17) is 10.00 Å². The molecule has 118 valence electrons. The molecule has 0 radical (unpaired) electrons. The number of benzene rings is 1. The first-order valence-corrected chi connectivity index (χ1v) is 7.64. The SMILES string of the molecule is CC(C)(C)N(C(=O)Oc1ccc(C#N)cc1)C1CCNCC1. The lowest BCUT2D eigenvalue weighted by atomic mass is 9.98. The maximum atomic E-state index is 12.6. The standard InChI is InChI=1S/C17H23N3O2/c1-17(2,3)20(14-8-10-19-11-9-14)16(21)22-15-6-4-13(12-18)5-7-15/h4-7,14,19H,8-11H2,1-3H3. The van der Waals surface area contributed by atoms with Gasteiger partial charge in [0.15, 0.2) is 0 Å². The van der Waals surface area contributed by atoms with E-state index in [9.17, 15) is 4.79 Å². The van der Waals surface area contributed by atoms with Crippen molar-refractivity contribution in [2.24, 2.45) is 0 Å². The first-order chi connectivity index (χ1) is 10.4.